The van der Waals surface area contributed by atoms with E-state index in [0.717, 1.165) is 5.56 Å². The molecule has 11 nitrogen and oxygen atoms in total. The summed E-state index contributed by atoms with van der Waals surface area (Å²) in [5.74, 6) is 1.18. The molecule has 0 spiro atoms. The predicted molar refractivity (Wildman–Crippen MR) is 144 cm³/mol. The first-order valence-electron chi connectivity index (χ1n) is 12.0. The topological polar surface area (TPSA) is 143 Å². The smallest absolute Gasteiger partial charge is 0.247 e. The van der Waals surface area contributed by atoms with Gasteiger partial charge in [-0.1, -0.05) is 12.1 Å². The van der Waals surface area contributed by atoms with E-state index in [2.05, 4.69) is 15.6 Å². The number of methoxy groups -OCH3 is 4. The lowest BCUT2D eigenvalue weighted by Gasteiger charge is -2.22. The third kappa shape index (κ3) is 9.47. The van der Waals surface area contributed by atoms with Gasteiger partial charge in [-0.2, -0.15) is 0 Å². The fourth-order valence-electron chi connectivity index (χ4n) is 3.36. The van der Waals surface area contributed by atoms with Crippen molar-refractivity contribution >= 4 is 17.8 Å². The first kappa shape index (κ1) is 30.2. The molecule has 2 aromatic carbocycles. The predicted octanol–water partition coefficient (Wildman–Crippen LogP) is 2.19. The van der Waals surface area contributed by atoms with Gasteiger partial charge in [0.2, 0.25) is 11.8 Å². The van der Waals surface area contributed by atoms with Crippen molar-refractivity contribution in [2.24, 2.45) is 10.7 Å². The Balaban J connectivity index is 2.09. The number of nitrogens with zero attached hydrogens (tertiary/aromatic N) is 1. The van der Waals surface area contributed by atoms with Crippen LogP contribution in [0.5, 0.6) is 23.0 Å². The van der Waals surface area contributed by atoms with Gasteiger partial charge >= 0.3 is 0 Å². The number of carbonyl (C=O) groups excluding carboxylic acids is 2. The van der Waals surface area contributed by atoms with Gasteiger partial charge in [-0.15, -0.1) is 0 Å². The lowest BCUT2D eigenvalue weighted by molar-refractivity contribution is -0.125. The van der Waals surface area contributed by atoms with Crippen molar-refractivity contribution in [1.29, 1.82) is 0 Å². The second kappa shape index (κ2) is 14.1. The summed E-state index contributed by atoms with van der Waals surface area (Å²) in [4.78, 5) is 29.8. The Bertz CT molecular complexity index is 1130. The summed E-state index contributed by atoms with van der Waals surface area (Å²) < 4.78 is 26.8. The van der Waals surface area contributed by atoms with Crippen molar-refractivity contribution < 1.29 is 33.3 Å². The van der Waals surface area contributed by atoms with Crippen LogP contribution < -0.4 is 35.3 Å². The maximum atomic E-state index is 13.0. The van der Waals surface area contributed by atoms with E-state index in [9.17, 15) is 9.59 Å². The first-order chi connectivity index (χ1) is 18.0. The molecule has 0 heterocycles. The van der Waals surface area contributed by atoms with Crippen LogP contribution in [0.1, 0.15) is 31.9 Å². The van der Waals surface area contributed by atoms with Crippen LogP contribution in [0.15, 0.2) is 41.4 Å². The number of ether oxygens (including phenoxy) is 5. The second-order valence-corrected chi connectivity index (χ2v) is 9.27. The lowest BCUT2D eigenvalue weighted by atomic mass is 10.1. The molecule has 2 rings (SSSR count). The minimum absolute atomic E-state index is 0.0191. The van der Waals surface area contributed by atoms with Crippen molar-refractivity contribution in [1.82, 2.24) is 10.6 Å². The third-order valence-electron chi connectivity index (χ3n) is 5.27. The highest BCUT2D eigenvalue weighted by atomic mass is 16.5. The number of nitrogens with one attached hydrogen (secondary N) is 2. The summed E-state index contributed by atoms with van der Waals surface area (Å²) in [5, 5.41) is 5.36. The zero-order valence-electron chi connectivity index (χ0n) is 23.0. The molecule has 1 atom stereocenters. The van der Waals surface area contributed by atoms with Crippen molar-refractivity contribution in [3.05, 3.63) is 47.5 Å². The van der Waals surface area contributed by atoms with Gasteiger partial charge in [-0.3, -0.25) is 14.9 Å². The summed E-state index contributed by atoms with van der Waals surface area (Å²) >= 11 is 0. The monoisotopic (exact) mass is 530 g/mol. The molecular formula is C27H38N4O7. The normalized spacial score (nSPS) is 12.3. The summed E-state index contributed by atoms with van der Waals surface area (Å²) in [6.07, 6.45) is 0.0191. The Morgan fingerprint density at radius 1 is 0.868 bits per heavy atom. The van der Waals surface area contributed by atoms with Crippen LogP contribution in [0, 0.1) is 0 Å². The Kier molecular flexibility index (Phi) is 11.2. The molecule has 0 fully saturated rings. The molecular weight excluding hydrogens is 492 g/mol. The Morgan fingerprint density at radius 2 is 1.39 bits per heavy atom. The Hall–Kier alpha value is -3.99. The molecule has 0 saturated carbocycles. The molecule has 0 aliphatic heterocycles. The molecule has 2 amide bonds. The molecule has 11 heteroatoms. The van der Waals surface area contributed by atoms with E-state index in [1.807, 2.05) is 26.8 Å². The van der Waals surface area contributed by atoms with Crippen molar-refractivity contribution in [2.45, 2.75) is 45.4 Å². The van der Waals surface area contributed by atoms with Crippen LogP contribution in [0.4, 0.5) is 0 Å². The van der Waals surface area contributed by atoms with E-state index in [-0.39, 0.29) is 25.5 Å². The van der Waals surface area contributed by atoms with E-state index in [1.54, 1.807) is 37.4 Å². The molecule has 2 aromatic rings. The molecule has 0 saturated heterocycles. The molecule has 4 N–H and O–H groups in total. The number of guanidine groups is 1. The first-order valence-corrected chi connectivity index (χ1v) is 12.0. The number of nitrogens with two attached hydrogens (primary N) is 1. The molecule has 0 aromatic heterocycles. The van der Waals surface area contributed by atoms with Crippen LogP contribution in [-0.2, 0) is 27.3 Å². The number of hydrogen-bond acceptors (Lipinski definition) is 8. The highest BCUT2D eigenvalue weighted by Gasteiger charge is 2.22. The van der Waals surface area contributed by atoms with Gasteiger partial charge < -0.3 is 34.7 Å². The fraction of sp³-hybridized carbons (Fsp3) is 0.444. The van der Waals surface area contributed by atoms with Gasteiger partial charge in [0.15, 0.2) is 35.0 Å². The molecule has 0 aliphatic carbocycles. The maximum Gasteiger partial charge on any atom is 0.247 e. The second-order valence-electron chi connectivity index (χ2n) is 9.27. The van der Waals surface area contributed by atoms with Gasteiger partial charge in [0.1, 0.15) is 0 Å². The quantitative estimate of drug-likeness (QED) is 0.280. The van der Waals surface area contributed by atoms with Crippen molar-refractivity contribution in [3.8, 4) is 23.0 Å². The Labute approximate surface area is 223 Å². The highest BCUT2D eigenvalue weighted by Crippen LogP contribution is 2.28. The maximum absolute atomic E-state index is 13.0. The van der Waals surface area contributed by atoms with E-state index >= 15 is 0 Å². The van der Waals surface area contributed by atoms with Gasteiger partial charge in [-0.25, -0.2) is 4.99 Å². The minimum Gasteiger partial charge on any atom is -0.493 e. The molecule has 0 bridgehead atoms. The molecule has 0 radical (unpaired) electrons. The summed E-state index contributed by atoms with van der Waals surface area (Å²) in [6, 6.07) is 9.51. The SMILES string of the molecule is COc1ccc(CNC(=O)[C@@H](COC(C)(C)C)N=C(N)NC(=O)Cc2ccc(OC)c(OC)c2)cc1OC. The Morgan fingerprint density at radius 3 is 1.92 bits per heavy atom. The van der Waals surface area contributed by atoms with E-state index in [4.69, 9.17) is 29.4 Å². The van der Waals surface area contributed by atoms with Crippen LogP contribution in [0.25, 0.3) is 0 Å². The van der Waals surface area contributed by atoms with E-state index in [1.165, 1.54) is 21.3 Å². The zero-order valence-corrected chi connectivity index (χ0v) is 23.0. The zero-order chi connectivity index (χ0) is 28.3. The molecule has 0 aliphatic rings. The average molecular weight is 531 g/mol. The number of rotatable bonds is 12. The summed E-state index contributed by atoms with van der Waals surface area (Å²) in [5.41, 5.74) is 6.97. The molecule has 38 heavy (non-hydrogen) atoms. The summed E-state index contributed by atoms with van der Waals surface area (Å²) in [6.45, 7) is 5.77. The highest BCUT2D eigenvalue weighted by molar-refractivity contribution is 5.98. The van der Waals surface area contributed by atoms with Gasteiger partial charge in [0.05, 0.1) is 47.1 Å². The molecule has 0 unspecified atom stereocenters. The van der Waals surface area contributed by atoms with Gasteiger partial charge in [-0.05, 0) is 56.2 Å². The summed E-state index contributed by atoms with van der Waals surface area (Å²) in [7, 11) is 6.14. The standard InChI is InChI=1S/C27H38N4O7/c1-27(2,3)38-16-19(25(33)29-15-18-9-11-21(35-5)23(13-18)37-7)30-26(28)31-24(32)14-17-8-10-20(34-4)22(12-17)36-6/h8-13,19H,14-16H2,1-7H3,(H,29,33)(H3,28,30,31,32)/t19-/m1/s1. The van der Waals surface area contributed by atoms with E-state index < -0.39 is 23.5 Å². The van der Waals surface area contributed by atoms with Crippen LogP contribution in [-0.4, -0.2) is 64.5 Å². The number of aliphatic imine (C=N–C) groups is 1. The number of amides is 2. The lowest BCUT2D eigenvalue weighted by Crippen LogP contribution is -2.43. The minimum atomic E-state index is -0.990. The van der Waals surface area contributed by atoms with Crippen LogP contribution in [0.3, 0.4) is 0 Å². The number of benzene rings is 2. The van der Waals surface area contributed by atoms with Gasteiger partial charge in [0.25, 0.3) is 0 Å². The number of carbonyl (C=O) groups is 2. The fourth-order valence-corrected chi connectivity index (χ4v) is 3.36. The van der Waals surface area contributed by atoms with Crippen molar-refractivity contribution in [2.75, 3.05) is 35.0 Å². The third-order valence-corrected chi connectivity index (χ3v) is 5.27. The number of hydrogen-bond donors (Lipinski definition) is 3. The van der Waals surface area contributed by atoms with Crippen molar-refractivity contribution in [3.63, 3.8) is 0 Å². The van der Waals surface area contributed by atoms with Crippen LogP contribution >= 0.6 is 0 Å². The molecule has 208 valence electrons. The largest absolute Gasteiger partial charge is 0.493 e. The average Bonchev–Trinajstić information content (AvgIpc) is 2.88. The van der Waals surface area contributed by atoms with Crippen LogP contribution in [0.2, 0.25) is 0 Å². The van der Waals surface area contributed by atoms with E-state index in [0.29, 0.717) is 28.6 Å². The van der Waals surface area contributed by atoms with Gasteiger partial charge in [0, 0.05) is 6.54 Å².